The Bertz CT molecular complexity index is 436. The van der Waals surface area contributed by atoms with E-state index < -0.39 is 0 Å². The van der Waals surface area contributed by atoms with Crippen molar-refractivity contribution in [3.63, 3.8) is 0 Å². The molecule has 1 saturated heterocycles. The second-order valence-corrected chi connectivity index (χ2v) is 5.15. The molecule has 17 heavy (non-hydrogen) atoms. The van der Waals surface area contributed by atoms with Gasteiger partial charge < -0.3 is 0 Å². The molecule has 2 rings (SSSR count). The molecule has 1 heterocycles. The van der Waals surface area contributed by atoms with Crippen LogP contribution >= 0.6 is 15.9 Å². The van der Waals surface area contributed by atoms with E-state index in [4.69, 9.17) is 0 Å². The van der Waals surface area contributed by atoms with E-state index in [1.165, 1.54) is 18.6 Å². The van der Waals surface area contributed by atoms with Gasteiger partial charge in [-0.05, 0) is 43.6 Å². The fourth-order valence-electron chi connectivity index (χ4n) is 2.25. The normalized spacial score (nSPS) is 18.6. The third kappa shape index (κ3) is 2.85. The van der Waals surface area contributed by atoms with E-state index in [1.807, 2.05) is 0 Å². The van der Waals surface area contributed by atoms with Gasteiger partial charge in [0.15, 0.2) is 0 Å². The lowest BCUT2D eigenvalue weighted by Crippen LogP contribution is -2.33. The summed E-state index contributed by atoms with van der Waals surface area (Å²) < 4.78 is 13.7. The molecule has 1 fully saturated rings. The first-order chi connectivity index (χ1) is 8.22. The number of likely N-dealkylation sites (tertiary alicyclic amines) is 1. The number of hydrogen-bond donors (Lipinski definition) is 0. The molecule has 90 valence electrons. The zero-order valence-electron chi connectivity index (χ0n) is 9.50. The number of nitrogens with zero attached hydrogens (tertiary/aromatic N) is 2. The van der Waals surface area contributed by atoms with Crippen LogP contribution in [0.4, 0.5) is 4.39 Å². The Morgan fingerprint density at radius 1 is 1.29 bits per heavy atom. The molecule has 4 heteroatoms. The van der Waals surface area contributed by atoms with Crippen molar-refractivity contribution in [1.82, 2.24) is 4.90 Å². The molecule has 0 radical (unpaired) electrons. The van der Waals surface area contributed by atoms with Gasteiger partial charge in [0.25, 0.3) is 0 Å². The van der Waals surface area contributed by atoms with Crippen molar-refractivity contribution in [1.29, 1.82) is 5.26 Å². The van der Waals surface area contributed by atoms with Gasteiger partial charge in [-0.2, -0.15) is 5.26 Å². The molecule has 0 spiro atoms. The molecular weight excluding hydrogens is 283 g/mol. The molecule has 1 aromatic carbocycles. The van der Waals surface area contributed by atoms with Crippen LogP contribution in [0, 0.1) is 17.1 Å². The Balaban J connectivity index is 2.25. The second-order valence-electron chi connectivity index (χ2n) is 4.29. The third-order valence-electron chi connectivity index (χ3n) is 3.14. The van der Waals surface area contributed by atoms with E-state index in [0.717, 1.165) is 31.5 Å². The molecule has 1 unspecified atom stereocenters. The first-order valence-electron chi connectivity index (χ1n) is 5.81. The monoisotopic (exact) mass is 296 g/mol. The summed E-state index contributed by atoms with van der Waals surface area (Å²) in [6, 6.07) is 6.58. The standard InChI is InChI=1S/C13H14BrFN2/c14-12-8-10(15)4-5-11(12)13(9-16)17-6-2-1-3-7-17/h4-5,8,13H,1-3,6-7H2. The molecule has 0 amide bonds. The van der Waals surface area contributed by atoms with Crippen LogP contribution in [0.3, 0.4) is 0 Å². The molecule has 0 aliphatic carbocycles. The van der Waals surface area contributed by atoms with E-state index in [2.05, 4.69) is 26.9 Å². The van der Waals surface area contributed by atoms with Crippen molar-refractivity contribution in [2.75, 3.05) is 13.1 Å². The van der Waals surface area contributed by atoms with Gasteiger partial charge in [-0.3, -0.25) is 4.90 Å². The van der Waals surface area contributed by atoms with Crippen LogP contribution in [0.15, 0.2) is 22.7 Å². The number of hydrogen-bond acceptors (Lipinski definition) is 2. The molecule has 0 bridgehead atoms. The first-order valence-corrected chi connectivity index (χ1v) is 6.60. The molecule has 0 N–H and O–H groups in total. The smallest absolute Gasteiger partial charge is 0.124 e. The van der Waals surface area contributed by atoms with E-state index >= 15 is 0 Å². The van der Waals surface area contributed by atoms with Crippen molar-refractivity contribution < 1.29 is 4.39 Å². The summed E-state index contributed by atoms with van der Waals surface area (Å²) in [4.78, 5) is 2.17. The maximum absolute atomic E-state index is 13.0. The van der Waals surface area contributed by atoms with Gasteiger partial charge in [-0.1, -0.05) is 28.4 Å². The predicted molar refractivity (Wildman–Crippen MR) is 67.9 cm³/mol. The average Bonchev–Trinajstić information content (AvgIpc) is 2.34. The van der Waals surface area contributed by atoms with E-state index in [-0.39, 0.29) is 11.9 Å². The molecule has 1 aliphatic heterocycles. The molecule has 1 aliphatic rings. The lowest BCUT2D eigenvalue weighted by Gasteiger charge is -2.31. The minimum Gasteiger partial charge on any atom is -0.284 e. The lowest BCUT2D eigenvalue weighted by atomic mass is 10.0. The summed E-state index contributed by atoms with van der Waals surface area (Å²) in [6.07, 6.45) is 3.51. The highest BCUT2D eigenvalue weighted by atomic mass is 79.9. The predicted octanol–water partition coefficient (Wildman–Crippen LogP) is 3.64. The van der Waals surface area contributed by atoms with Crippen LogP contribution in [0.2, 0.25) is 0 Å². The third-order valence-corrected chi connectivity index (χ3v) is 3.82. The van der Waals surface area contributed by atoms with Gasteiger partial charge in [0.2, 0.25) is 0 Å². The summed E-state index contributed by atoms with van der Waals surface area (Å²) in [5.41, 5.74) is 0.857. The highest BCUT2D eigenvalue weighted by molar-refractivity contribution is 9.10. The minimum absolute atomic E-state index is 0.273. The van der Waals surface area contributed by atoms with Crippen molar-refractivity contribution in [3.05, 3.63) is 34.1 Å². The summed E-state index contributed by atoms with van der Waals surface area (Å²) >= 11 is 3.34. The molecular formula is C13H14BrFN2. The van der Waals surface area contributed by atoms with Crippen LogP contribution in [-0.2, 0) is 0 Å². The number of benzene rings is 1. The first kappa shape index (κ1) is 12.5. The van der Waals surface area contributed by atoms with Gasteiger partial charge in [0.05, 0.1) is 6.07 Å². The van der Waals surface area contributed by atoms with E-state index in [0.29, 0.717) is 4.47 Å². The maximum Gasteiger partial charge on any atom is 0.124 e. The van der Waals surface area contributed by atoms with Crippen molar-refractivity contribution in [2.45, 2.75) is 25.3 Å². The van der Waals surface area contributed by atoms with Gasteiger partial charge in [-0.25, -0.2) is 4.39 Å². The van der Waals surface area contributed by atoms with Crippen molar-refractivity contribution in [2.24, 2.45) is 0 Å². The molecule has 1 aromatic rings. The lowest BCUT2D eigenvalue weighted by molar-refractivity contribution is 0.195. The van der Waals surface area contributed by atoms with Gasteiger partial charge in [0.1, 0.15) is 11.9 Å². The number of nitriles is 1. The molecule has 0 aromatic heterocycles. The summed E-state index contributed by atoms with van der Waals surface area (Å²) in [6.45, 7) is 1.89. The Hall–Kier alpha value is -0.920. The summed E-state index contributed by atoms with van der Waals surface area (Å²) in [5.74, 6) is -0.282. The Morgan fingerprint density at radius 3 is 2.59 bits per heavy atom. The number of halogens is 2. The zero-order chi connectivity index (χ0) is 12.3. The van der Waals surface area contributed by atoms with Crippen LogP contribution in [0.1, 0.15) is 30.9 Å². The summed E-state index contributed by atoms with van der Waals surface area (Å²) in [5, 5.41) is 9.32. The van der Waals surface area contributed by atoms with Crippen LogP contribution in [0.25, 0.3) is 0 Å². The highest BCUT2D eigenvalue weighted by Gasteiger charge is 2.23. The molecule has 1 atom stereocenters. The van der Waals surface area contributed by atoms with Gasteiger partial charge in [-0.15, -0.1) is 0 Å². The SMILES string of the molecule is N#CC(c1ccc(F)cc1Br)N1CCCCC1. The summed E-state index contributed by atoms with van der Waals surface area (Å²) in [7, 11) is 0. The zero-order valence-corrected chi connectivity index (χ0v) is 11.1. The van der Waals surface area contributed by atoms with Crippen LogP contribution < -0.4 is 0 Å². The quantitative estimate of drug-likeness (QED) is 0.833. The number of piperidine rings is 1. The number of rotatable bonds is 2. The van der Waals surface area contributed by atoms with E-state index in [9.17, 15) is 9.65 Å². The molecule has 0 saturated carbocycles. The Labute approximate surface area is 109 Å². The molecule has 2 nitrogen and oxygen atoms in total. The van der Waals surface area contributed by atoms with E-state index in [1.54, 1.807) is 6.07 Å². The topological polar surface area (TPSA) is 27.0 Å². The minimum atomic E-state index is -0.282. The Morgan fingerprint density at radius 2 is 2.00 bits per heavy atom. The van der Waals surface area contributed by atoms with Gasteiger partial charge in [0, 0.05) is 4.47 Å². The fourth-order valence-corrected chi connectivity index (χ4v) is 2.82. The average molecular weight is 297 g/mol. The van der Waals surface area contributed by atoms with Crippen molar-refractivity contribution >= 4 is 15.9 Å². The van der Waals surface area contributed by atoms with Crippen molar-refractivity contribution in [3.8, 4) is 6.07 Å². The Kier molecular flexibility index (Phi) is 4.14. The fraction of sp³-hybridized carbons (Fsp3) is 0.462. The highest BCUT2D eigenvalue weighted by Crippen LogP contribution is 2.30. The maximum atomic E-state index is 13.0. The van der Waals surface area contributed by atoms with Crippen LogP contribution in [-0.4, -0.2) is 18.0 Å². The largest absolute Gasteiger partial charge is 0.284 e. The second kappa shape index (κ2) is 5.61. The van der Waals surface area contributed by atoms with Crippen LogP contribution in [0.5, 0.6) is 0 Å². The van der Waals surface area contributed by atoms with Gasteiger partial charge >= 0.3 is 0 Å².